The minimum absolute atomic E-state index is 0.0114. The van der Waals surface area contributed by atoms with Gasteiger partial charge in [-0.05, 0) is 51.5 Å². The number of aliphatic carboxylic acids is 1. The number of carboxylic acids is 1. The van der Waals surface area contributed by atoms with Crippen molar-refractivity contribution >= 4 is 29.5 Å². The number of carbonyl (C=O) groups excluding carboxylic acids is 1. The van der Waals surface area contributed by atoms with Gasteiger partial charge in [0.2, 0.25) is 0 Å². The van der Waals surface area contributed by atoms with Gasteiger partial charge in [-0.1, -0.05) is 0 Å². The molecule has 0 saturated heterocycles. The Labute approximate surface area is 147 Å². The van der Waals surface area contributed by atoms with Crippen molar-refractivity contribution in [2.45, 2.75) is 50.5 Å². The van der Waals surface area contributed by atoms with Crippen molar-refractivity contribution in [3.8, 4) is 0 Å². The van der Waals surface area contributed by atoms with Crippen LogP contribution in [0.2, 0.25) is 0 Å². The molecule has 0 spiro atoms. The van der Waals surface area contributed by atoms with Crippen LogP contribution < -0.4 is 5.32 Å². The fraction of sp³-hybridized carbons (Fsp3) is 0.500. The van der Waals surface area contributed by atoms with E-state index in [1.807, 2.05) is 0 Å². The van der Waals surface area contributed by atoms with E-state index in [2.05, 4.69) is 5.32 Å². The van der Waals surface area contributed by atoms with Crippen LogP contribution in [-0.2, 0) is 21.5 Å². The van der Waals surface area contributed by atoms with E-state index >= 15 is 0 Å². The average molecular weight is 379 g/mol. The van der Waals surface area contributed by atoms with Gasteiger partial charge in [-0.2, -0.15) is 13.2 Å². The zero-order chi connectivity index (χ0) is 19.4. The summed E-state index contributed by atoms with van der Waals surface area (Å²) in [5.74, 6) is -1.08. The van der Waals surface area contributed by atoms with Crippen LogP contribution in [0, 0.1) is 0 Å². The van der Waals surface area contributed by atoms with E-state index in [1.54, 1.807) is 20.8 Å². The zero-order valence-electron chi connectivity index (χ0n) is 14.2. The smallest absolute Gasteiger partial charge is 0.416 e. The molecule has 1 unspecified atom stereocenters. The maximum Gasteiger partial charge on any atom is 0.416 e. The maximum atomic E-state index is 12.9. The van der Waals surface area contributed by atoms with E-state index in [9.17, 15) is 22.8 Å². The van der Waals surface area contributed by atoms with Crippen LogP contribution in [0.4, 0.5) is 23.7 Å². The highest BCUT2D eigenvalue weighted by molar-refractivity contribution is 7.99. The number of halogens is 3. The van der Waals surface area contributed by atoms with Gasteiger partial charge in [0.25, 0.3) is 0 Å². The van der Waals surface area contributed by atoms with Crippen LogP contribution in [0.15, 0.2) is 18.2 Å². The highest BCUT2D eigenvalue weighted by atomic mass is 32.2. The highest BCUT2D eigenvalue weighted by Gasteiger charge is 2.31. The predicted octanol–water partition coefficient (Wildman–Crippen LogP) is 4.76. The Morgan fingerprint density at radius 1 is 1.28 bits per heavy atom. The van der Waals surface area contributed by atoms with Gasteiger partial charge >= 0.3 is 18.2 Å². The summed E-state index contributed by atoms with van der Waals surface area (Å²) in [4.78, 5) is 22.7. The third kappa shape index (κ3) is 7.25. The number of nitrogens with one attached hydrogen (secondary N) is 1. The van der Waals surface area contributed by atoms with Gasteiger partial charge in [-0.15, -0.1) is 11.8 Å². The normalized spacial score (nSPS) is 13.2. The summed E-state index contributed by atoms with van der Waals surface area (Å²) >= 11 is 0.952. The Kier molecular flexibility index (Phi) is 6.75. The molecule has 9 heteroatoms. The molecule has 5 nitrogen and oxygen atoms in total. The Hall–Kier alpha value is -1.90. The van der Waals surface area contributed by atoms with Crippen LogP contribution in [-0.4, -0.2) is 28.0 Å². The number of thioether (sulfide) groups is 1. The van der Waals surface area contributed by atoms with E-state index < -0.39 is 34.7 Å². The second kappa shape index (κ2) is 7.99. The number of hydrogen-bond acceptors (Lipinski definition) is 4. The predicted molar refractivity (Wildman–Crippen MR) is 89.7 cm³/mol. The number of ether oxygens (including phenoxy) is 1. The number of hydrogen-bond donors (Lipinski definition) is 2. The number of anilines is 1. The lowest BCUT2D eigenvalue weighted by Gasteiger charge is -2.21. The lowest BCUT2D eigenvalue weighted by atomic mass is 10.1. The summed E-state index contributed by atoms with van der Waals surface area (Å²) in [6, 6.07) is 2.88. The molecule has 0 radical (unpaired) electrons. The van der Waals surface area contributed by atoms with Crippen molar-refractivity contribution in [1.82, 2.24) is 0 Å². The van der Waals surface area contributed by atoms with Crippen LogP contribution >= 0.6 is 11.8 Å². The number of alkyl halides is 3. The molecule has 0 aliphatic heterocycles. The van der Waals surface area contributed by atoms with Gasteiger partial charge in [0.15, 0.2) is 0 Å². The van der Waals surface area contributed by atoms with Gasteiger partial charge in [0.1, 0.15) is 5.60 Å². The molecule has 1 rings (SSSR count). The van der Waals surface area contributed by atoms with Gasteiger partial charge in [-0.25, -0.2) is 4.79 Å². The number of rotatable bonds is 5. The second-order valence-corrected chi connectivity index (χ2v) is 7.62. The van der Waals surface area contributed by atoms with Crippen molar-refractivity contribution < 1.29 is 32.6 Å². The molecule has 1 aromatic carbocycles. The van der Waals surface area contributed by atoms with Crippen LogP contribution in [0.25, 0.3) is 0 Å². The number of carbonyl (C=O) groups is 2. The molecule has 0 aromatic heterocycles. The first-order valence-electron chi connectivity index (χ1n) is 7.34. The quantitative estimate of drug-likeness (QED) is 0.772. The summed E-state index contributed by atoms with van der Waals surface area (Å²) in [6.45, 7) is 6.40. The van der Waals surface area contributed by atoms with Gasteiger partial charge in [0.05, 0.1) is 10.8 Å². The van der Waals surface area contributed by atoms with Gasteiger partial charge in [-0.3, -0.25) is 10.1 Å². The summed E-state index contributed by atoms with van der Waals surface area (Å²) in [5.41, 5.74) is -1.32. The fourth-order valence-electron chi connectivity index (χ4n) is 1.71. The highest BCUT2D eigenvalue weighted by Crippen LogP contribution is 2.34. The van der Waals surface area contributed by atoms with Crippen LogP contribution in [0.1, 0.15) is 38.8 Å². The Morgan fingerprint density at radius 2 is 1.88 bits per heavy atom. The molecule has 25 heavy (non-hydrogen) atoms. The van der Waals surface area contributed by atoms with Crippen LogP contribution in [0.3, 0.4) is 0 Å². The molecule has 1 amide bonds. The Bertz CT molecular complexity index is 641. The van der Waals surface area contributed by atoms with Crippen molar-refractivity contribution in [3.05, 3.63) is 29.3 Å². The molecule has 1 aromatic rings. The molecule has 2 N–H and O–H groups in total. The molecule has 0 aliphatic rings. The summed E-state index contributed by atoms with van der Waals surface area (Å²) in [5, 5.41) is 10.5. The lowest BCUT2D eigenvalue weighted by molar-refractivity contribution is -0.138. The lowest BCUT2D eigenvalue weighted by Crippen LogP contribution is -2.27. The molecule has 0 aliphatic carbocycles. The summed E-state index contributed by atoms with van der Waals surface area (Å²) in [6.07, 6.45) is -5.34. The monoisotopic (exact) mass is 379 g/mol. The van der Waals surface area contributed by atoms with E-state index in [-0.39, 0.29) is 17.0 Å². The van der Waals surface area contributed by atoms with Gasteiger partial charge in [0, 0.05) is 11.4 Å². The minimum atomic E-state index is -4.54. The molecule has 0 saturated carbocycles. The van der Waals surface area contributed by atoms with E-state index in [4.69, 9.17) is 9.84 Å². The molecule has 0 bridgehead atoms. The van der Waals surface area contributed by atoms with Crippen molar-refractivity contribution in [1.29, 1.82) is 0 Å². The molecular formula is C16H20F3NO4S. The second-order valence-electron chi connectivity index (χ2n) is 6.29. The van der Waals surface area contributed by atoms with Gasteiger partial charge < -0.3 is 9.84 Å². The molecular weight excluding hydrogens is 359 g/mol. The Morgan fingerprint density at radius 3 is 2.36 bits per heavy atom. The first kappa shape index (κ1) is 21.1. The van der Waals surface area contributed by atoms with Crippen molar-refractivity contribution in [3.63, 3.8) is 0 Å². The third-order valence-electron chi connectivity index (χ3n) is 2.90. The molecule has 140 valence electrons. The van der Waals surface area contributed by atoms with Crippen molar-refractivity contribution in [2.24, 2.45) is 0 Å². The topological polar surface area (TPSA) is 75.6 Å². The summed E-state index contributed by atoms with van der Waals surface area (Å²) in [7, 11) is 0. The third-order valence-corrected chi connectivity index (χ3v) is 4.08. The number of carboxylic acid groups (broad SMARTS) is 1. The van der Waals surface area contributed by atoms with E-state index in [0.717, 1.165) is 30.0 Å². The van der Waals surface area contributed by atoms with E-state index in [1.165, 1.54) is 6.92 Å². The SMILES string of the molecule is CC(SCc1cc(C(F)(F)F)ccc1NC(=O)OC(C)(C)C)C(=O)O. The first-order chi connectivity index (χ1) is 11.3. The molecule has 1 atom stereocenters. The molecule has 0 fully saturated rings. The summed E-state index contributed by atoms with van der Waals surface area (Å²) < 4.78 is 43.8. The standard InChI is InChI=1S/C16H20F3NO4S/c1-9(13(21)22)25-8-10-7-11(16(17,18)19)5-6-12(10)20-14(23)24-15(2,3)4/h5-7,9H,8H2,1-4H3,(H,20,23)(H,21,22). The average Bonchev–Trinajstić information content (AvgIpc) is 2.42. The maximum absolute atomic E-state index is 12.9. The van der Waals surface area contributed by atoms with E-state index in [0.29, 0.717) is 0 Å². The van der Waals surface area contributed by atoms with Crippen molar-refractivity contribution in [2.75, 3.05) is 5.32 Å². The molecule has 0 heterocycles. The Balaban J connectivity index is 3.05. The fourth-order valence-corrected chi connectivity index (χ4v) is 2.52. The number of benzene rings is 1. The zero-order valence-corrected chi connectivity index (χ0v) is 15.0. The number of amides is 1. The first-order valence-corrected chi connectivity index (χ1v) is 8.39. The largest absolute Gasteiger partial charge is 0.480 e. The minimum Gasteiger partial charge on any atom is -0.480 e. The van der Waals surface area contributed by atoms with Crippen LogP contribution in [0.5, 0.6) is 0 Å².